The van der Waals surface area contributed by atoms with Gasteiger partial charge in [-0.3, -0.25) is 0 Å². The second-order valence-electron chi connectivity index (χ2n) is 4.70. The van der Waals surface area contributed by atoms with Crippen molar-refractivity contribution in [3.05, 3.63) is 0 Å². The molecule has 6 atom stereocenters. The molecule has 204 valence electrons. The molecule has 23 heteroatoms. The largest absolute Gasteiger partial charge is 0.479 e. The topological polar surface area (TPSA) is 440 Å². The van der Waals surface area contributed by atoms with E-state index in [1.54, 1.807) is 0 Å². The summed E-state index contributed by atoms with van der Waals surface area (Å²) >= 11 is 0. The second-order valence-corrected chi connectivity index (χ2v) is 4.70. The molecule has 0 amide bonds. The first-order chi connectivity index (χ1) is 13.4. The first kappa shape index (κ1) is 54.5. The first-order valence-electron chi connectivity index (χ1n) is 6.85. The number of carboxylic acid groups (broad SMARTS) is 6. The minimum Gasteiger partial charge on any atom is -0.479 e. The number of hydrogen-bond donors (Lipinski definition) is 12. The van der Waals surface area contributed by atoms with Crippen molar-refractivity contribution >= 4 is 35.8 Å². The van der Waals surface area contributed by atoms with Crippen LogP contribution >= 0.6 is 0 Å². The first-order valence-corrected chi connectivity index (χ1v) is 6.85. The van der Waals surface area contributed by atoms with Gasteiger partial charge in [0.1, 0.15) is 0 Å². The van der Waals surface area contributed by atoms with E-state index in [2.05, 4.69) is 0 Å². The third-order valence-corrected chi connectivity index (χ3v) is 2.42. The molecular weight excluding hydrogens is 658 g/mol. The fourth-order valence-corrected chi connectivity index (χ4v) is 0.810. The van der Waals surface area contributed by atoms with Crippen LogP contribution in [0.3, 0.4) is 0 Å². The molecule has 0 saturated carbocycles. The van der Waals surface area contributed by atoms with Crippen LogP contribution in [0.4, 0.5) is 0 Å². The minimum atomic E-state index is -2.27. The van der Waals surface area contributed by atoms with E-state index < -0.39 is 72.4 Å². The molecule has 21 nitrogen and oxygen atoms in total. The van der Waals surface area contributed by atoms with Crippen molar-refractivity contribution in [1.82, 2.24) is 0 Å². The average Bonchev–Trinajstić information content (AvgIpc) is 2.64. The number of hydrogen-bond acceptors (Lipinski definition) is 12. The quantitative estimate of drug-likeness (QED) is 0.107. The standard InChI is InChI=1S/3C4H6O6.3H2O.2Y/c3*5-1(3(7)8)2(6)4(9)10;;;;;/h3*1-2,5-6H,(H,7,8)(H,9,10);3*1H2;;. The Balaban J connectivity index is -0.0000000486. The van der Waals surface area contributed by atoms with E-state index in [0.29, 0.717) is 0 Å². The van der Waals surface area contributed by atoms with E-state index in [4.69, 9.17) is 61.3 Å². The van der Waals surface area contributed by atoms with Crippen LogP contribution in [0.5, 0.6) is 0 Å². The summed E-state index contributed by atoms with van der Waals surface area (Å²) in [5.74, 6) is -10.6. The summed E-state index contributed by atoms with van der Waals surface area (Å²) in [6.07, 6.45) is -13.6. The molecule has 0 aliphatic rings. The van der Waals surface area contributed by atoms with Crippen LogP contribution < -0.4 is 0 Å². The number of carboxylic acids is 6. The molecule has 0 heterocycles. The van der Waals surface area contributed by atoms with Gasteiger partial charge in [0, 0.05) is 65.4 Å². The van der Waals surface area contributed by atoms with Crippen molar-refractivity contribution in [1.29, 1.82) is 0 Å². The molecule has 0 bridgehead atoms. The molecule has 0 fully saturated rings. The zero-order valence-electron chi connectivity index (χ0n) is 16.9. The summed E-state index contributed by atoms with van der Waals surface area (Å²) in [7, 11) is 0. The van der Waals surface area contributed by atoms with Crippen LogP contribution in [0.2, 0.25) is 0 Å². The van der Waals surface area contributed by atoms with Gasteiger partial charge in [-0.25, -0.2) is 28.8 Å². The molecule has 0 spiro atoms. The third kappa shape index (κ3) is 25.6. The smallest absolute Gasteiger partial charge is 0.335 e. The number of carbonyl (C=O) groups is 6. The van der Waals surface area contributed by atoms with Gasteiger partial charge in [0.25, 0.3) is 0 Å². The zero-order valence-corrected chi connectivity index (χ0v) is 22.6. The van der Waals surface area contributed by atoms with Gasteiger partial charge in [0.15, 0.2) is 36.6 Å². The maximum absolute atomic E-state index is 9.77. The maximum Gasteiger partial charge on any atom is 0.335 e. The van der Waals surface area contributed by atoms with Crippen LogP contribution in [0.1, 0.15) is 0 Å². The summed E-state index contributed by atoms with van der Waals surface area (Å²) in [4.78, 5) is 58.6. The fourth-order valence-electron chi connectivity index (χ4n) is 0.810. The van der Waals surface area contributed by atoms with Gasteiger partial charge in [-0.15, -0.1) is 0 Å². The molecule has 18 N–H and O–H groups in total. The van der Waals surface area contributed by atoms with Gasteiger partial charge >= 0.3 is 35.8 Å². The van der Waals surface area contributed by atoms with Crippen molar-refractivity contribution in [2.24, 2.45) is 0 Å². The van der Waals surface area contributed by atoms with E-state index in [1.807, 2.05) is 0 Å². The average molecular weight is 682 g/mol. The van der Waals surface area contributed by atoms with Crippen molar-refractivity contribution < 1.29 is 172 Å². The van der Waals surface area contributed by atoms with Gasteiger partial charge < -0.3 is 77.7 Å². The Labute approximate surface area is 242 Å². The van der Waals surface area contributed by atoms with Gasteiger partial charge in [0.2, 0.25) is 0 Å². The number of aliphatic hydroxyl groups is 6. The predicted octanol–water partition coefficient (Wildman–Crippen LogP) is -8.85. The number of aliphatic hydroxyl groups excluding tert-OH is 6. The minimum absolute atomic E-state index is 0. The number of rotatable bonds is 9. The van der Waals surface area contributed by atoms with Gasteiger partial charge in [0.05, 0.1) is 0 Å². The van der Waals surface area contributed by atoms with Crippen LogP contribution in [-0.4, -0.2) is 150 Å². The zero-order chi connectivity index (χ0) is 24.9. The third-order valence-electron chi connectivity index (χ3n) is 2.42. The van der Waals surface area contributed by atoms with Crippen molar-refractivity contribution in [3.63, 3.8) is 0 Å². The maximum atomic E-state index is 9.77. The summed E-state index contributed by atoms with van der Waals surface area (Å²) in [6, 6.07) is 0. The predicted molar refractivity (Wildman–Crippen MR) is 92.7 cm³/mol. The summed E-state index contributed by atoms with van der Waals surface area (Å²) < 4.78 is 0. The Morgan fingerprint density at radius 3 is 0.400 bits per heavy atom. The Bertz CT molecular complexity index is 500. The van der Waals surface area contributed by atoms with Gasteiger partial charge in [-0.05, 0) is 0 Å². The van der Waals surface area contributed by atoms with Crippen LogP contribution in [0, 0.1) is 0 Å². The van der Waals surface area contributed by atoms with E-state index in [0.717, 1.165) is 0 Å². The fraction of sp³-hybridized carbons (Fsp3) is 0.500. The molecule has 0 rings (SSSR count). The molecule has 6 unspecified atom stereocenters. The van der Waals surface area contributed by atoms with Crippen LogP contribution in [0.25, 0.3) is 0 Å². The Morgan fingerprint density at radius 1 is 0.314 bits per heavy atom. The molecule has 2 radical (unpaired) electrons. The molecule has 0 aromatic carbocycles. The monoisotopic (exact) mass is 682 g/mol. The molecule has 0 aliphatic heterocycles. The van der Waals surface area contributed by atoms with Crippen molar-refractivity contribution in [2.75, 3.05) is 0 Å². The van der Waals surface area contributed by atoms with E-state index in [-0.39, 0.29) is 81.8 Å². The molecular formula is C12H24O21Y2. The van der Waals surface area contributed by atoms with Gasteiger partial charge in [-0.2, -0.15) is 0 Å². The molecule has 0 saturated heterocycles. The summed E-state index contributed by atoms with van der Waals surface area (Å²) in [5.41, 5.74) is 0. The van der Waals surface area contributed by atoms with E-state index in [9.17, 15) is 28.8 Å². The Hall–Kier alpha value is -1.33. The second kappa shape index (κ2) is 27.3. The summed E-state index contributed by atoms with van der Waals surface area (Å²) in [5, 5.41) is 97.6. The SMILES string of the molecule is O.O.O.O=C(O)C(O)C(O)C(=O)O.O=C(O)C(O)C(O)C(=O)O.O=C(O)C(O)C(O)C(=O)O.[Y].[Y]. The summed E-state index contributed by atoms with van der Waals surface area (Å²) in [6.45, 7) is 0. The van der Waals surface area contributed by atoms with E-state index in [1.165, 1.54) is 0 Å². The van der Waals surface area contributed by atoms with Crippen LogP contribution in [-0.2, 0) is 94.2 Å². The van der Waals surface area contributed by atoms with Crippen molar-refractivity contribution in [2.45, 2.75) is 36.6 Å². The Kier molecular flexibility index (Phi) is 42.5. The Morgan fingerprint density at radius 2 is 0.371 bits per heavy atom. The van der Waals surface area contributed by atoms with Crippen LogP contribution in [0.15, 0.2) is 0 Å². The number of aliphatic carboxylic acids is 6. The molecule has 35 heavy (non-hydrogen) atoms. The van der Waals surface area contributed by atoms with Crippen molar-refractivity contribution in [3.8, 4) is 0 Å². The van der Waals surface area contributed by atoms with Gasteiger partial charge in [-0.1, -0.05) is 0 Å². The van der Waals surface area contributed by atoms with E-state index >= 15 is 0 Å². The molecule has 0 aromatic rings. The molecule has 0 aliphatic carbocycles. The molecule has 0 aromatic heterocycles. The normalized spacial score (nSPS) is 13.5.